The Kier molecular flexibility index (Phi) is 2.69. The molecule has 0 amide bonds. The van der Waals surface area contributed by atoms with Gasteiger partial charge in [0, 0.05) is 6.08 Å². The summed E-state index contributed by atoms with van der Waals surface area (Å²) in [6.07, 6.45) is 2.63. The van der Waals surface area contributed by atoms with E-state index in [2.05, 4.69) is 10.2 Å². The Morgan fingerprint density at radius 2 is 2.46 bits per heavy atom. The van der Waals surface area contributed by atoms with Gasteiger partial charge in [0.05, 0.1) is 18.9 Å². The van der Waals surface area contributed by atoms with Gasteiger partial charge in [-0.3, -0.25) is 0 Å². The monoisotopic (exact) mass is 182 g/mol. The number of H-pyrrole nitrogens is 1. The van der Waals surface area contributed by atoms with E-state index in [-0.39, 0.29) is 0 Å². The van der Waals surface area contributed by atoms with E-state index in [4.69, 9.17) is 9.84 Å². The molecule has 0 aliphatic carbocycles. The Balaban J connectivity index is 3.00. The van der Waals surface area contributed by atoms with Crippen molar-refractivity contribution < 1.29 is 14.6 Å². The molecular weight excluding hydrogens is 172 g/mol. The van der Waals surface area contributed by atoms with Crippen LogP contribution in [0, 0.1) is 0 Å². The maximum atomic E-state index is 10.4. The zero-order valence-electron chi connectivity index (χ0n) is 7.37. The zero-order valence-corrected chi connectivity index (χ0v) is 7.37. The summed E-state index contributed by atoms with van der Waals surface area (Å²) in [7, 11) is 1.49. The third-order valence-electron chi connectivity index (χ3n) is 1.57. The molecule has 70 valence electrons. The van der Waals surface area contributed by atoms with Crippen LogP contribution in [0.3, 0.4) is 0 Å². The Morgan fingerprint density at radius 3 is 3.00 bits per heavy atom. The van der Waals surface area contributed by atoms with Gasteiger partial charge in [-0.15, -0.1) is 0 Å². The number of nitrogens with zero attached hydrogens (tertiary/aromatic N) is 1. The molecule has 5 nitrogen and oxygen atoms in total. The van der Waals surface area contributed by atoms with E-state index in [9.17, 15) is 4.79 Å². The molecule has 1 aromatic heterocycles. The summed E-state index contributed by atoms with van der Waals surface area (Å²) < 4.78 is 4.94. The third-order valence-corrected chi connectivity index (χ3v) is 1.57. The first kappa shape index (κ1) is 9.31. The second kappa shape index (κ2) is 3.75. The van der Waals surface area contributed by atoms with Crippen molar-refractivity contribution in [2.75, 3.05) is 7.11 Å². The highest BCUT2D eigenvalue weighted by atomic mass is 16.5. The van der Waals surface area contributed by atoms with Crippen LogP contribution >= 0.6 is 0 Å². The summed E-state index contributed by atoms with van der Waals surface area (Å²) in [6, 6.07) is 0. The lowest BCUT2D eigenvalue weighted by atomic mass is 10.1. The van der Waals surface area contributed by atoms with E-state index in [1.54, 1.807) is 6.92 Å². The number of aromatic amines is 1. The molecule has 13 heavy (non-hydrogen) atoms. The van der Waals surface area contributed by atoms with E-state index >= 15 is 0 Å². The molecule has 1 heterocycles. The number of aromatic nitrogens is 2. The molecule has 0 aromatic carbocycles. The number of carboxylic acids is 1. The number of nitrogens with one attached hydrogen (secondary N) is 1. The number of rotatable bonds is 3. The molecule has 0 saturated carbocycles. The fourth-order valence-corrected chi connectivity index (χ4v) is 0.974. The highest BCUT2D eigenvalue weighted by molar-refractivity contribution is 5.90. The number of methoxy groups -OCH3 is 1. The van der Waals surface area contributed by atoms with Gasteiger partial charge in [0.15, 0.2) is 0 Å². The molecule has 5 heteroatoms. The largest absolute Gasteiger partial charge is 0.481 e. The maximum Gasteiger partial charge on any atom is 0.328 e. The number of hydrogen-bond donors (Lipinski definition) is 2. The highest BCUT2D eigenvalue weighted by Gasteiger charge is 2.07. The Hall–Kier alpha value is -1.78. The van der Waals surface area contributed by atoms with Gasteiger partial charge in [-0.05, 0) is 12.5 Å². The summed E-state index contributed by atoms with van der Waals surface area (Å²) >= 11 is 0. The fourth-order valence-electron chi connectivity index (χ4n) is 0.974. The predicted octanol–water partition coefficient (Wildman–Crippen LogP) is 0.906. The average molecular weight is 182 g/mol. The molecular formula is C8H10N2O3. The molecule has 0 atom stereocenters. The third kappa shape index (κ3) is 2.08. The Bertz CT molecular complexity index is 341. The van der Waals surface area contributed by atoms with Gasteiger partial charge < -0.3 is 9.84 Å². The molecule has 0 saturated heterocycles. The second-order valence-electron chi connectivity index (χ2n) is 2.48. The molecule has 0 aliphatic rings. The summed E-state index contributed by atoms with van der Waals surface area (Å²) in [5, 5.41) is 14.8. The van der Waals surface area contributed by atoms with Crippen LogP contribution < -0.4 is 4.74 Å². The number of aliphatic carboxylic acids is 1. The number of ether oxygens (including phenoxy) is 1. The van der Waals surface area contributed by atoms with Gasteiger partial charge in [0.2, 0.25) is 5.88 Å². The molecule has 0 unspecified atom stereocenters. The van der Waals surface area contributed by atoms with Crippen LogP contribution in [-0.4, -0.2) is 28.4 Å². The van der Waals surface area contributed by atoms with Crippen molar-refractivity contribution in [2.24, 2.45) is 0 Å². The molecule has 0 bridgehead atoms. The standard InChI is InChI=1S/C8H10N2O3/c1-5(3-7(11)12)6-4-9-10-8(6)13-2/h3-4H,1-2H3,(H,9,10)(H,11,12)/b5-3+. The van der Waals surface area contributed by atoms with Gasteiger partial charge in [0.25, 0.3) is 0 Å². The van der Waals surface area contributed by atoms with Crippen LogP contribution in [0.1, 0.15) is 12.5 Å². The van der Waals surface area contributed by atoms with E-state index in [0.29, 0.717) is 17.0 Å². The quantitative estimate of drug-likeness (QED) is 0.681. The first-order valence-electron chi connectivity index (χ1n) is 3.64. The van der Waals surface area contributed by atoms with Crippen molar-refractivity contribution in [1.82, 2.24) is 10.2 Å². The van der Waals surface area contributed by atoms with E-state index in [1.807, 2.05) is 0 Å². The predicted molar refractivity (Wildman–Crippen MR) is 46.4 cm³/mol. The van der Waals surface area contributed by atoms with Crippen molar-refractivity contribution in [3.8, 4) is 5.88 Å². The lowest BCUT2D eigenvalue weighted by Crippen LogP contribution is -1.91. The van der Waals surface area contributed by atoms with Crippen LogP contribution in [0.25, 0.3) is 5.57 Å². The van der Waals surface area contributed by atoms with Gasteiger partial charge in [-0.2, -0.15) is 5.10 Å². The second-order valence-corrected chi connectivity index (χ2v) is 2.48. The van der Waals surface area contributed by atoms with Crippen molar-refractivity contribution in [1.29, 1.82) is 0 Å². The van der Waals surface area contributed by atoms with Crippen molar-refractivity contribution in [3.05, 3.63) is 17.8 Å². The molecule has 1 aromatic rings. The van der Waals surface area contributed by atoms with Crippen molar-refractivity contribution in [2.45, 2.75) is 6.92 Å². The minimum atomic E-state index is -0.985. The van der Waals surface area contributed by atoms with Crippen LogP contribution in [0.15, 0.2) is 12.3 Å². The first-order chi connectivity index (χ1) is 6.15. The summed E-state index contributed by atoms with van der Waals surface area (Å²) in [5.74, 6) is -0.518. The lowest BCUT2D eigenvalue weighted by molar-refractivity contribution is -0.131. The minimum absolute atomic E-state index is 0.468. The minimum Gasteiger partial charge on any atom is -0.481 e. The fraction of sp³-hybridized carbons (Fsp3) is 0.250. The molecule has 0 fully saturated rings. The highest BCUT2D eigenvalue weighted by Crippen LogP contribution is 2.21. The van der Waals surface area contributed by atoms with Gasteiger partial charge >= 0.3 is 5.97 Å². The average Bonchev–Trinajstić information content (AvgIpc) is 2.49. The maximum absolute atomic E-state index is 10.4. The number of carboxylic acid groups (broad SMARTS) is 1. The number of carbonyl (C=O) groups is 1. The van der Waals surface area contributed by atoms with E-state index in [1.165, 1.54) is 13.3 Å². The number of allylic oxidation sites excluding steroid dienone is 1. The van der Waals surface area contributed by atoms with Gasteiger partial charge in [-0.1, -0.05) is 0 Å². The van der Waals surface area contributed by atoms with Crippen LogP contribution in [-0.2, 0) is 4.79 Å². The summed E-state index contributed by atoms with van der Waals surface area (Å²) in [5.41, 5.74) is 1.25. The Morgan fingerprint density at radius 1 is 1.77 bits per heavy atom. The Labute approximate surface area is 75.0 Å². The molecule has 0 aliphatic heterocycles. The lowest BCUT2D eigenvalue weighted by Gasteiger charge is -1.99. The normalized spacial score (nSPS) is 11.4. The summed E-state index contributed by atoms with van der Waals surface area (Å²) in [6.45, 7) is 1.68. The van der Waals surface area contributed by atoms with Gasteiger partial charge in [0.1, 0.15) is 0 Å². The van der Waals surface area contributed by atoms with Crippen LogP contribution in [0.4, 0.5) is 0 Å². The number of hydrogen-bond acceptors (Lipinski definition) is 3. The van der Waals surface area contributed by atoms with E-state index in [0.717, 1.165) is 6.08 Å². The molecule has 2 N–H and O–H groups in total. The van der Waals surface area contributed by atoms with Crippen molar-refractivity contribution in [3.63, 3.8) is 0 Å². The molecule has 0 radical (unpaired) electrons. The smallest absolute Gasteiger partial charge is 0.328 e. The van der Waals surface area contributed by atoms with Crippen LogP contribution in [0.5, 0.6) is 5.88 Å². The van der Waals surface area contributed by atoms with Crippen LogP contribution in [0.2, 0.25) is 0 Å². The molecule has 1 rings (SSSR count). The zero-order chi connectivity index (χ0) is 9.84. The van der Waals surface area contributed by atoms with Gasteiger partial charge in [-0.25, -0.2) is 9.89 Å². The first-order valence-corrected chi connectivity index (χ1v) is 3.64. The van der Waals surface area contributed by atoms with E-state index < -0.39 is 5.97 Å². The summed E-state index contributed by atoms with van der Waals surface area (Å²) in [4.78, 5) is 10.4. The molecule has 0 spiro atoms. The topological polar surface area (TPSA) is 75.2 Å². The van der Waals surface area contributed by atoms with Crippen molar-refractivity contribution >= 4 is 11.5 Å². The SMILES string of the molecule is COc1[nH]ncc1/C(C)=C/C(=O)O.